The standard InChI is InChI=1S/C12H16N4/c13-4-1-8-16-9-7-15-12(16)10-11-2-5-14-6-3-11/h2-3,5-7,9H,1,4,8,10,13H2. The SMILES string of the molecule is NCCCn1ccnc1Cc1ccncc1. The third-order valence-electron chi connectivity index (χ3n) is 2.52. The van der Waals surface area contributed by atoms with Crippen LogP contribution in [0, 0.1) is 0 Å². The minimum absolute atomic E-state index is 0.715. The van der Waals surface area contributed by atoms with Gasteiger partial charge in [0, 0.05) is 37.8 Å². The van der Waals surface area contributed by atoms with E-state index in [1.807, 2.05) is 36.9 Å². The highest BCUT2D eigenvalue weighted by Gasteiger charge is 2.03. The molecule has 0 unspecified atom stereocenters. The van der Waals surface area contributed by atoms with E-state index in [2.05, 4.69) is 14.5 Å². The highest BCUT2D eigenvalue weighted by Crippen LogP contribution is 2.07. The van der Waals surface area contributed by atoms with Gasteiger partial charge in [-0.25, -0.2) is 4.98 Å². The quantitative estimate of drug-likeness (QED) is 0.817. The average molecular weight is 216 g/mol. The number of rotatable bonds is 5. The van der Waals surface area contributed by atoms with Crippen molar-refractivity contribution in [2.75, 3.05) is 6.54 Å². The fraction of sp³-hybridized carbons (Fsp3) is 0.333. The van der Waals surface area contributed by atoms with Crippen molar-refractivity contribution in [1.82, 2.24) is 14.5 Å². The van der Waals surface area contributed by atoms with E-state index in [0.29, 0.717) is 6.54 Å². The maximum Gasteiger partial charge on any atom is 0.113 e. The van der Waals surface area contributed by atoms with Crippen molar-refractivity contribution in [2.24, 2.45) is 5.73 Å². The molecule has 0 radical (unpaired) electrons. The first-order valence-electron chi connectivity index (χ1n) is 5.49. The zero-order chi connectivity index (χ0) is 11.2. The van der Waals surface area contributed by atoms with Gasteiger partial charge in [-0.3, -0.25) is 4.98 Å². The Morgan fingerprint density at radius 2 is 2.00 bits per heavy atom. The summed E-state index contributed by atoms with van der Waals surface area (Å²) < 4.78 is 2.16. The van der Waals surface area contributed by atoms with E-state index in [0.717, 1.165) is 25.2 Å². The van der Waals surface area contributed by atoms with Gasteiger partial charge in [-0.2, -0.15) is 0 Å². The summed E-state index contributed by atoms with van der Waals surface area (Å²) in [4.78, 5) is 8.37. The molecule has 84 valence electrons. The monoisotopic (exact) mass is 216 g/mol. The molecule has 0 aliphatic rings. The summed E-state index contributed by atoms with van der Waals surface area (Å²) >= 11 is 0. The highest BCUT2D eigenvalue weighted by atomic mass is 15.1. The van der Waals surface area contributed by atoms with E-state index in [-0.39, 0.29) is 0 Å². The lowest BCUT2D eigenvalue weighted by Crippen LogP contribution is -2.08. The van der Waals surface area contributed by atoms with Crippen LogP contribution >= 0.6 is 0 Å². The van der Waals surface area contributed by atoms with E-state index in [1.54, 1.807) is 0 Å². The second-order valence-corrected chi connectivity index (χ2v) is 3.71. The van der Waals surface area contributed by atoms with Crippen LogP contribution in [0.5, 0.6) is 0 Å². The largest absolute Gasteiger partial charge is 0.335 e. The fourth-order valence-corrected chi connectivity index (χ4v) is 1.66. The number of nitrogens with two attached hydrogens (primary N) is 1. The summed E-state index contributed by atoms with van der Waals surface area (Å²) in [5, 5.41) is 0. The molecule has 2 N–H and O–H groups in total. The van der Waals surface area contributed by atoms with Crippen LogP contribution in [0.3, 0.4) is 0 Å². The molecule has 0 aliphatic carbocycles. The molecular formula is C12H16N4. The topological polar surface area (TPSA) is 56.7 Å². The number of imidazole rings is 1. The van der Waals surface area contributed by atoms with Gasteiger partial charge < -0.3 is 10.3 Å². The summed E-state index contributed by atoms with van der Waals surface area (Å²) in [5.74, 6) is 1.08. The zero-order valence-electron chi connectivity index (χ0n) is 9.21. The van der Waals surface area contributed by atoms with Crippen molar-refractivity contribution in [2.45, 2.75) is 19.4 Å². The van der Waals surface area contributed by atoms with Crippen LogP contribution in [0.2, 0.25) is 0 Å². The van der Waals surface area contributed by atoms with E-state index in [1.165, 1.54) is 5.56 Å². The third-order valence-corrected chi connectivity index (χ3v) is 2.52. The van der Waals surface area contributed by atoms with E-state index >= 15 is 0 Å². The molecule has 0 aromatic carbocycles. The number of aromatic nitrogens is 3. The first-order valence-corrected chi connectivity index (χ1v) is 5.49. The number of nitrogens with zero attached hydrogens (tertiary/aromatic N) is 3. The number of hydrogen-bond donors (Lipinski definition) is 1. The highest BCUT2D eigenvalue weighted by molar-refractivity contribution is 5.15. The Balaban J connectivity index is 2.07. The Morgan fingerprint density at radius 1 is 1.19 bits per heavy atom. The molecule has 2 rings (SSSR count). The first kappa shape index (κ1) is 10.8. The van der Waals surface area contributed by atoms with Crippen LogP contribution in [-0.4, -0.2) is 21.1 Å². The van der Waals surface area contributed by atoms with Gasteiger partial charge in [0.05, 0.1) is 0 Å². The van der Waals surface area contributed by atoms with Gasteiger partial charge >= 0.3 is 0 Å². The minimum atomic E-state index is 0.715. The molecule has 4 nitrogen and oxygen atoms in total. The number of aryl methyl sites for hydroxylation is 1. The molecule has 2 aromatic rings. The molecule has 16 heavy (non-hydrogen) atoms. The van der Waals surface area contributed by atoms with Crippen molar-refractivity contribution < 1.29 is 0 Å². The van der Waals surface area contributed by atoms with Gasteiger partial charge in [-0.05, 0) is 30.7 Å². The Kier molecular flexibility index (Phi) is 3.66. The molecule has 0 fully saturated rings. The van der Waals surface area contributed by atoms with E-state index in [9.17, 15) is 0 Å². The molecule has 2 aromatic heterocycles. The van der Waals surface area contributed by atoms with Gasteiger partial charge in [0.1, 0.15) is 5.82 Å². The summed E-state index contributed by atoms with van der Waals surface area (Å²) in [6, 6.07) is 4.03. The van der Waals surface area contributed by atoms with Crippen LogP contribution in [0.1, 0.15) is 17.8 Å². The molecule has 0 saturated heterocycles. The minimum Gasteiger partial charge on any atom is -0.335 e. The van der Waals surface area contributed by atoms with E-state index < -0.39 is 0 Å². The fourth-order valence-electron chi connectivity index (χ4n) is 1.66. The van der Waals surface area contributed by atoms with Crippen LogP contribution in [0.15, 0.2) is 36.9 Å². The third kappa shape index (κ3) is 2.67. The molecule has 4 heteroatoms. The Hall–Kier alpha value is -1.68. The lowest BCUT2D eigenvalue weighted by Gasteiger charge is -2.06. The predicted molar refractivity (Wildman–Crippen MR) is 62.9 cm³/mol. The van der Waals surface area contributed by atoms with Crippen molar-refractivity contribution in [3.63, 3.8) is 0 Å². The van der Waals surface area contributed by atoms with Crippen molar-refractivity contribution in [3.05, 3.63) is 48.3 Å². The van der Waals surface area contributed by atoms with Gasteiger partial charge in [0.15, 0.2) is 0 Å². The van der Waals surface area contributed by atoms with Gasteiger partial charge in [0.2, 0.25) is 0 Å². The Morgan fingerprint density at radius 3 is 2.75 bits per heavy atom. The Bertz CT molecular complexity index is 422. The van der Waals surface area contributed by atoms with Crippen LogP contribution < -0.4 is 5.73 Å². The lowest BCUT2D eigenvalue weighted by atomic mass is 10.2. The summed E-state index contributed by atoms with van der Waals surface area (Å²) in [7, 11) is 0. The molecule has 0 atom stereocenters. The smallest absolute Gasteiger partial charge is 0.113 e. The molecule has 0 aliphatic heterocycles. The maximum absolute atomic E-state index is 5.51. The summed E-state index contributed by atoms with van der Waals surface area (Å²) in [5.41, 5.74) is 6.74. The predicted octanol–water partition coefficient (Wildman–Crippen LogP) is 1.22. The van der Waals surface area contributed by atoms with Gasteiger partial charge in [0.25, 0.3) is 0 Å². The van der Waals surface area contributed by atoms with Crippen LogP contribution in [0.4, 0.5) is 0 Å². The molecular weight excluding hydrogens is 200 g/mol. The zero-order valence-corrected chi connectivity index (χ0v) is 9.21. The van der Waals surface area contributed by atoms with Crippen molar-refractivity contribution in [3.8, 4) is 0 Å². The lowest BCUT2D eigenvalue weighted by molar-refractivity contribution is 0.624. The normalized spacial score (nSPS) is 10.6. The van der Waals surface area contributed by atoms with Crippen LogP contribution in [0.25, 0.3) is 0 Å². The Labute approximate surface area is 95.1 Å². The molecule has 0 bridgehead atoms. The first-order chi connectivity index (χ1) is 7.90. The van der Waals surface area contributed by atoms with E-state index in [4.69, 9.17) is 5.73 Å². The average Bonchev–Trinajstić information content (AvgIpc) is 2.75. The maximum atomic E-state index is 5.51. The second-order valence-electron chi connectivity index (χ2n) is 3.71. The molecule has 0 amide bonds. The number of hydrogen-bond acceptors (Lipinski definition) is 3. The summed E-state index contributed by atoms with van der Waals surface area (Å²) in [6.07, 6.45) is 9.30. The number of pyridine rings is 1. The molecule has 0 saturated carbocycles. The second kappa shape index (κ2) is 5.42. The molecule has 0 spiro atoms. The van der Waals surface area contributed by atoms with Gasteiger partial charge in [-0.15, -0.1) is 0 Å². The summed E-state index contributed by atoms with van der Waals surface area (Å²) in [6.45, 7) is 1.66. The molecule has 2 heterocycles. The van der Waals surface area contributed by atoms with Crippen molar-refractivity contribution in [1.29, 1.82) is 0 Å². The van der Waals surface area contributed by atoms with Crippen LogP contribution in [-0.2, 0) is 13.0 Å². The van der Waals surface area contributed by atoms with Crippen molar-refractivity contribution >= 4 is 0 Å². The van der Waals surface area contributed by atoms with Gasteiger partial charge in [-0.1, -0.05) is 0 Å².